The Bertz CT molecular complexity index is 850. The molecule has 1 atom stereocenters. The Morgan fingerprint density at radius 2 is 1.96 bits per heavy atom. The van der Waals surface area contributed by atoms with E-state index in [-0.39, 0.29) is 6.04 Å². The Hall–Kier alpha value is -1.92. The van der Waals surface area contributed by atoms with Gasteiger partial charge in [0, 0.05) is 24.8 Å². The molecule has 0 bridgehead atoms. The molecular formula is C21H29N3O2S. The maximum Gasteiger partial charge on any atom is 0.243 e. The van der Waals surface area contributed by atoms with E-state index in [1.165, 1.54) is 0 Å². The SMILES string of the molecule is CCCCNc1ncccc1[C@@H]1CCCCN1S(=O)(=O)c1ccc(C)cc1. The summed E-state index contributed by atoms with van der Waals surface area (Å²) in [5.74, 6) is 0.807. The quantitative estimate of drug-likeness (QED) is 0.710. The summed E-state index contributed by atoms with van der Waals surface area (Å²) in [5, 5.41) is 3.40. The molecule has 2 aromatic rings. The van der Waals surface area contributed by atoms with Gasteiger partial charge in [0.25, 0.3) is 0 Å². The van der Waals surface area contributed by atoms with Crippen molar-refractivity contribution in [1.29, 1.82) is 0 Å². The molecule has 0 aliphatic carbocycles. The van der Waals surface area contributed by atoms with E-state index in [2.05, 4.69) is 17.2 Å². The minimum absolute atomic E-state index is 0.178. The van der Waals surface area contributed by atoms with Crippen molar-refractivity contribution in [3.8, 4) is 0 Å². The largest absolute Gasteiger partial charge is 0.370 e. The van der Waals surface area contributed by atoms with Crippen molar-refractivity contribution in [2.75, 3.05) is 18.4 Å². The number of unbranched alkanes of at least 4 members (excludes halogenated alkanes) is 1. The van der Waals surface area contributed by atoms with Crippen LogP contribution in [0.3, 0.4) is 0 Å². The van der Waals surface area contributed by atoms with Gasteiger partial charge in [-0.05, 0) is 44.4 Å². The van der Waals surface area contributed by atoms with Crippen LogP contribution in [0, 0.1) is 6.92 Å². The van der Waals surface area contributed by atoms with E-state index < -0.39 is 10.0 Å². The van der Waals surface area contributed by atoms with Crippen LogP contribution in [0.2, 0.25) is 0 Å². The van der Waals surface area contributed by atoms with Gasteiger partial charge in [0.1, 0.15) is 5.82 Å². The van der Waals surface area contributed by atoms with Gasteiger partial charge in [0.05, 0.1) is 10.9 Å². The second-order valence-corrected chi connectivity index (χ2v) is 9.05. The second kappa shape index (κ2) is 8.85. The minimum Gasteiger partial charge on any atom is -0.370 e. The van der Waals surface area contributed by atoms with Crippen LogP contribution in [0.1, 0.15) is 56.2 Å². The number of benzene rings is 1. The molecule has 6 heteroatoms. The topological polar surface area (TPSA) is 62.3 Å². The number of hydrogen-bond donors (Lipinski definition) is 1. The highest BCUT2D eigenvalue weighted by atomic mass is 32.2. The van der Waals surface area contributed by atoms with E-state index in [9.17, 15) is 8.42 Å². The van der Waals surface area contributed by atoms with Crippen LogP contribution in [0.4, 0.5) is 5.82 Å². The highest BCUT2D eigenvalue weighted by Crippen LogP contribution is 2.37. The zero-order valence-corrected chi connectivity index (χ0v) is 17.0. The summed E-state index contributed by atoms with van der Waals surface area (Å²) in [5.41, 5.74) is 2.03. The van der Waals surface area contributed by atoms with Gasteiger partial charge in [-0.15, -0.1) is 0 Å². The van der Waals surface area contributed by atoms with Gasteiger partial charge in [-0.25, -0.2) is 13.4 Å². The lowest BCUT2D eigenvalue weighted by Crippen LogP contribution is -2.38. The Morgan fingerprint density at radius 3 is 2.70 bits per heavy atom. The summed E-state index contributed by atoms with van der Waals surface area (Å²) in [6.07, 6.45) is 6.66. The van der Waals surface area contributed by atoms with Gasteiger partial charge in [-0.3, -0.25) is 0 Å². The van der Waals surface area contributed by atoms with Gasteiger partial charge in [0.2, 0.25) is 10.0 Å². The number of nitrogens with one attached hydrogen (secondary N) is 1. The summed E-state index contributed by atoms with van der Waals surface area (Å²) in [6, 6.07) is 10.9. The van der Waals surface area contributed by atoms with Gasteiger partial charge < -0.3 is 5.32 Å². The zero-order valence-electron chi connectivity index (χ0n) is 16.2. The molecular weight excluding hydrogens is 358 g/mol. The Kier molecular flexibility index (Phi) is 6.50. The van der Waals surface area contributed by atoms with E-state index in [0.29, 0.717) is 11.4 Å². The fraction of sp³-hybridized carbons (Fsp3) is 0.476. The van der Waals surface area contributed by atoms with E-state index >= 15 is 0 Å². The van der Waals surface area contributed by atoms with E-state index in [1.807, 2.05) is 31.2 Å². The minimum atomic E-state index is -3.54. The Balaban J connectivity index is 1.93. The van der Waals surface area contributed by atoms with E-state index in [0.717, 1.165) is 55.6 Å². The predicted molar refractivity (Wildman–Crippen MR) is 109 cm³/mol. The van der Waals surface area contributed by atoms with Crippen LogP contribution in [0.15, 0.2) is 47.5 Å². The van der Waals surface area contributed by atoms with Gasteiger partial charge in [-0.2, -0.15) is 4.31 Å². The Labute approximate surface area is 162 Å². The third-order valence-corrected chi connectivity index (χ3v) is 7.02. The molecule has 1 aliphatic heterocycles. The maximum absolute atomic E-state index is 13.3. The van der Waals surface area contributed by atoms with Crippen LogP contribution >= 0.6 is 0 Å². The number of aromatic nitrogens is 1. The van der Waals surface area contributed by atoms with Crippen molar-refractivity contribution in [2.45, 2.75) is 56.9 Å². The molecule has 1 aromatic heterocycles. The normalized spacial score (nSPS) is 18.4. The molecule has 5 nitrogen and oxygen atoms in total. The molecule has 0 radical (unpaired) electrons. The van der Waals surface area contributed by atoms with Crippen molar-refractivity contribution < 1.29 is 8.42 Å². The highest BCUT2D eigenvalue weighted by molar-refractivity contribution is 7.89. The number of nitrogens with zero attached hydrogens (tertiary/aromatic N) is 2. The lowest BCUT2D eigenvalue weighted by molar-refractivity contribution is 0.256. The van der Waals surface area contributed by atoms with Crippen molar-refractivity contribution in [3.63, 3.8) is 0 Å². The number of anilines is 1. The van der Waals surface area contributed by atoms with E-state index in [4.69, 9.17) is 0 Å². The average Bonchev–Trinajstić information content (AvgIpc) is 2.69. The number of rotatable bonds is 7. The zero-order chi connectivity index (χ0) is 19.3. The van der Waals surface area contributed by atoms with Crippen molar-refractivity contribution >= 4 is 15.8 Å². The number of pyridine rings is 1. The van der Waals surface area contributed by atoms with Gasteiger partial charge >= 0.3 is 0 Å². The summed E-state index contributed by atoms with van der Waals surface area (Å²) in [6.45, 7) is 5.50. The molecule has 1 saturated heterocycles. The first-order valence-corrected chi connectivity index (χ1v) is 11.3. The summed E-state index contributed by atoms with van der Waals surface area (Å²) >= 11 is 0. The van der Waals surface area contributed by atoms with Crippen molar-refractivity contribution in [2.24, 2.45) is 0 Å². The smallest absolute Gasteiger partial charge is 0.243 e. The van der Waals surface area contributed by atoms with Gasteiger partial charge in [0.15, 0.2) is 0 Å². The lowest BCUT2D eigenvalue weighted by Gasteiger charge is -2.35. The first-order chi connectivity index (χ1) is 13.0. The van der Waals surface area contributed by atoms with E-state index in [1.54, 1.807) is 22.6 Å². The molecule has 1 N–H and O–H groups in total. The van der Waals surface area contributed by atoms with Crippen LogP contribution in [-0.4, -0.2) is 30.8 Å². The van der Waals surface area contributed by atoms with Crippen LogP contribution in [-0.2, 0) is 10.0 Å². The molecule has 2 heterocycles. The second-order valence-electron chi connectivity index (χ2n) is 7.16. The maximum atomic E-state index is 13.3. The highest BCUT2D eigenvalue weighted by Gasteiger charge is 2.35. The molecule has 0 spiro atoms. The average molecular weight is 388 g/mol. The standard InChI is InChI=1S/C21H29N3O2S/c1-3-4-14-22-21-19(8-7-15-23-21)20-9-5-6-16-24(20)27(25,26)18-12-10-17(2)11-13-18/h7-8,10-13,15,20H,3-6,9,14,16H2,1-2H3,(H,22,23)/t20-/m0/s1. The molecule has 1 aliphatic rings. The Morgan fingerprint density at radius 1 is 1.19 bits per heavy atom. The fourth-order valence-electron chi connectivity index (χ4n) is 3.57. The van der Waals surface area contributed by atoms with Crippen LogP contribution in [0.25, 0.3) is 0 Å². The molecule has 0 unspecified atom stereocenters. The number of piperidine rings is 1. The molecule has 3 rings (SSSR count). The molecule has 0 amide bonds. The molecule has 0 saturated carbocycles. The monoisotopic (exact) mass is 387 g/mol. The first-order valence-electron chi connectivity index (χ1n) is 9.81. The summed E-state index contributed by atoms with van der Waals surface area (Å²) in [7, 11) is -3.54. The fourth-order valence-corrected chi connectivity index (χ4v) is 5.24. The molecule has 27 heavy (non-hydrogen) atoms. The molecule has 1 aromatic carbocycles. The third-order valence-electron chi connectivity index (χ3n) is 5.10. The summed E-state index contributed by atoms with van der Waals surface area (Å²) < 4.78 is 28.3. The van der Waals surface area contributed by atoms with Gasteiger partial charge in [-0.1, -0.05) is 43.5 Å². The van der Waals surface area contributed by atoms with Crippen molar-refractivity contribution in [3.05, 3.63) is 53.7 Å². The number of hydrogen-bond acceptors (Lipinski definition) is 4. The summed E-state index contributed by atoms with van der Waals surface area (Å²) in [4.78, 5) is 4.86. The number of aryl methyl sites for hydroxylation is 1. The predicted octanol–water partition coefficient (Wildman–Crippen LogP) is 4.52. The third kappa shape index (κ3) is 4.50. The molecule has 1 fully saturated rings. The molecule has 146 valence electrons. The van der Waals surface area contributed by atoms with Crippen LogP contribution < -0.4 is 5.32 Å². The lowest BCUT2D eigenvalue weighted by atomic mass is 9.98. The van der Waals surface area contributed by atoms with Crippen LogP contribution in [0.5, 0.6) is 0 Å². The number of sulfonamides is 1. The first kappa shape index (κ1) is 19.8. The van der Waals surface area contributed by atoms with Crippen molar-refractivity contribution in [1.82, 2.24) is 9.29 Å².